The Morgan fingerprint density at radius 2 is 1.33 bits per heavy atom. The van der Waals surface area contributed by atoms with Crippen molar-refractivity contribution in [3.05, 3.63) is 137 Å². The lowest BCUT2D eigenvalue weighted by atomic mass is 9.90. The van der Waals surface area contributed by atoms with Crippen LogP contribution in [0.5, 0.6) is 5.75 Å². The zero-order valence-electron chi connectivity index (χ0n) is 56.8. The Morgan fingerprint density at radius 3 is 1.96 bits per heavy atom. The van der Waals surface area contributed by atoms with E-state index in [0.717, 1.165) is 11.1 Å². The van der Waals surface area contributed by atoms with Crippen LogP contribution >= 0.6 is 23.5 Å². The van der Waals surface area contributed by atoms with Crippen molar-refractivity contribution in [2.24, 2.45) is 17.4 Å². The number of aromatic hydroxyl groups is 1. The third kappa shape index (κ3) is 19.1. The molecule has 100 heavy (non-hydrogen) atoms. The second kappa shape index (κ2) is 34.4. The maximum atomic E-state index is 15.6. The number of aromatic amines is 2. The van der Waals surface area contributed by atoms with Crippen LogP contribution in [0.15, 0.2) is 97.3 Å². The van der Waals surface area contributed by atoms with Crippen LogP contribution in [0.4, 0.5) is 8.78 Å². The predicted molar refractivity (Wildman–Crippen MR) is 379 cm³/mol. The van der Waals surface area contributed by atoms with Gasteiger partial charge in [-0.15, -0.1) is 0 Å². The molecular formula is C72H91F2N13O11S2. The Bertz CT molecular complexity index is 3970. The zero-order valence-corrected chi connectivity index (χ0v) is 58.4. The molecule has 3 aliphatic rings. The number of H-pyrrole nitrogens is 2. The number of phenolic OH excluding ortho intramolecular Hbond substituents is 1. The van der Waals surface area contributed by atoms with Gasteiger partial charge in [0, 0.05) is 96.0 Å². The molecule has 2 aromatic heterocycles. The van der Waals surface area contributed by atoms with E-state index in [-0.39, 0.29) is 88.3 Å². The Hall–Kier alpha value is -9.02. The first-order valence-corrected chi connectivity index (χ1v) is 36.4. The number of benzene rings is 4. The van der Waals surface area contributed by atoms with Crippen molar-refractivity contribution in [3.8, 4) is 5.75 Å². The van der Waals surface area contributed by atoms with Gasteiger partial charge in [-0.25, -0.2) is 8.78 Å². The number of carbonyl (C=O) groups is 10. The minimum Gasteiger partial charge on any atom is -0.508 e. The van der Waals surface area contributed by atoms with E-state index < -0.39 is 125 Å². The molecule has 6 aromatic rings. The van der Waals surface area contributed by atoms with E-state index in [9.17, 15) is 33.5 Å². The van der Waals surface area contributed by atoms with E-state index in [4.69, 9.17) is 11.5 Å². The van der Waals surface area contributed by atoms with Crippen LogP contribution in [0, 0.1) is 17.6 Å². The van der Waals surface area contributed by atoms with E-state index in [1.165, 1.54) is 81.9 Å². The van der Waals surface area contributed by atoms with E-state index >= 15 is 28.4 Å². The molecule has 8 atom stereocenters. The summed E-state index contributed by atoms with van der Waals surface area (Å²) in [5, 5.41) is 30.8. The summed E-state index contributed by atoms with van der Waals surface area (Å²) in [7, 11) is 0. The van der Waals surface area contributed by atoms with Gasteiger partial charge in [-0.3, -0.25) is 47.9 Å². The van der Waals surface area contributed by atoms with Crippen LogP contribution in [-0.2, 0) is 78.7 Å². The second-order valence-electron chi connectivity index (χ2n) is 26.8. The Balaban J connectivity index is 1.06. The number of carbonyl (C=O) groups excluding carboxylic acids is 10. The van der Waals surface area contributed by atoms with Gasteiger partial charge in [0.25, 0.3) is 0 Å². The summed E-state index contributed by atoms with van der Waals surface area (Å²) >= 11 is 2.86. The van der Waals surface area contributed by atoms with Gasteiger partial charge in [-0.05, 0) is 147 Å². The summed E-state index contributed by atoms with van der Waals surface area (Å²) in [6.07, 6.45) is 4.73. The monoisotopic (exact) mass is 1420 g/mol. The number of halogens is 2. The van der Waals surface area contributed by atoms with Crippen LogP contribution in [-0.4, -0.2) is 169 Å². The number of nitrogens with one attached hydrogen (secondary N) is 9. The summed E-state index contributed by atoms with van der Waals surface area (Å²) in [5.41, 5.74) is 12.8. The third-order valence-electron chi connectivity index (χ3n) is 18.8. The molecule has 0 unspecified atom stereocenters. The smallest absolute Gasteiger partial charge is 0.249 e. The lowest BCUT2D eigenvalue weighted by molar-refractivity contribution is -0.148. The number of unbranched alkanes of at least 4 members (excludes halogenated alkanes) is 1. The summed E-state index contributed by atoms with van der Waals surface area (Å²) in [6, 6.07) is 14.0. The summed E-state index contributed by atoms with van der Waals surface area (Å²) in [4.78, 5) is 155. The van der Waals surface area contributed by atoms with Crippen LogP contribution in [0.2, 0.25) is 0 Å². The average molecular weight is 1420 g/mol. The van der Waals surface area contributed by atoms with Gasteiger partial charge in [0.1, 0.15) is 64.7 Å². The number of nitrogens with two attached hydrogens (primary N) is 2. The molecule has 0 spiro atoms. The molecule has 9 rings (SSSR count). The highest BCUT2D eigenvalue weighted by atomic mass is 32.2. The van der Waals surface area contributed by atoms with Crippen LogP contribution < -0.4 is 48.7 Å². The molecule has 10 amide bonds. The normalized spacial score (nSPS) is 24.2. The first-order chi connectivity index (χ1) is 47.9. The molecule has 536 valence electrons. The van der Waals surface area contributed by atoms with Crippen LogP contribution in [0.25, 0.3) is 21.8 Å². The predicted octanol–water partition coefficient (Wildman–Crippen LogP) is 5.07. The molecule has 2 saturated heterocycles. The molecular weight excluding hydrogens is 1330 g/mol. The highest BCUT2D eigenvalue weighted by Gasteiger charge is 2.53. The first-order valence-electron chi connectivity index (χ1n) is 34.1. The van der Waals surface area contributed by atoms with Gasteiger partial charge < -0.3 is 73.6 Å². The van der Waals surface area contributed by atoms with Gasteiger partial charge in [0.05, 0.1) is 6.54 Å². The molecule has 4 aromatic carbocycles. The lowest BCUT2D eigenvalue weighted by Crippen LogP contribution is -2.64. The van der Waals surface area contributed by atoms with Crippen molar-refractivity contribution in [3.63, 3.8) is 0 Å². The number of amides is 10. The fourth-order valence-electron chi connectivity index (χ4n) is 13.5. The van der Waals surface area contributed by atoms with E-state index in [0.29, 0.717) is 88.0 Å². The number of primary amides is 1. The van der Waals surface area contributed by atoms with Crippen molar-refractivity contribution in [1.82, 2.24) is 57.0 Å². The standard InChI is InChI=1S/C72H91F2N13O11S2/c1-5-22-72-24-27-86(70(72)98)60(29-42(2)3)67(95)83-58(31-43-13-17-50(88)18-14-43)68(96)87-26-9-23-71(87,4)69(97)84-59(63(76)91)41-100-40-45-11-8-10-44(30-45)39-99-28-21-61(89)80-55(12-6-7-25-75)64(92)79-38-62(90)81-56(32-46-36-77-53-19-15-48(73)34-51(46)53)65(93)82-57(66(94)85-72)33-47-37-78-54-20-16-49(74)35-52(47)54/h8,10-11,13-20,30,34-37,42,55-60,77-78,88H,5-7,9,12,21-29,31-33,38-41,75H2,1-4H3,(H2,76,91)(H,79,92)(H,80,89)(H,81,90)(H,82,93)(H,83,95)(H,84,97)(H,85,94)/t55-,56-,57-,58-,59-,60-,71-,72-/m0/s1. The van der Waals surface area contributed by atoms with Gasteiger partial charge >= 0.3 is 0 Å². The van der Waals surface area contributed by atoms with E-state index in [1.54, 1.807) is 31.5 Å². The van der Waals surface area contributed by atoms with Gasteiger partial charge in [-0.2, -0.15) is 23.5 Å². The molecule has 24 nitrogen and oxygen atoms in total. The molecule has 0 aliphatic carbocycles. The van der Waals surface area contributed by atoms with Crippen molar-refractivity contribution >= 4 is 104 Å². The number of phenols is 1. The number of hydrogen-bond acceptors (Lipinski definition) is 14. The molecule has 0 radical (unpaired) electrons. The summed E-state index contributed by atoms with van der Waals surface area (Å²) in [5.74, 6) is -7.06. The van der Waals surface area contributed by atoms with Crippen molar-refractivity contribution in [2.75, 3.05) is 37.7 Å². The SMILES string of the molecule is CCC[C@]12CCN(C1=O)[C@@H](CC(C)C)C(=O)N[C@@H](Cc1ccc(O)cc1)C(=O)N1CCC[C@@]1(C)C(=O)N[C@H](C(N)=O)CSCc1cccc(c1)CSCCC(=O)N[C@@H](CCCCN)C(=O)NCC(=O)N[C@@H](Cc1c[nH]c3ccc(F)cc13)C(=O)N[C@@H](Cc1c[nH]c3ccc(F)cc13)C(=O)N2. The topological polar surface area (TPSA) is 365 Å². The number of thioether (sulfide) groups is 2. The maximum absolute atomic E-state index is 15.6. The molecule has 14 N–H and O–H groups in total. The molecule has 5 heterocycles. The Morgan fingerprint density at radius 1 is 0.700 bits per heavy atom. The molecule has 28 heteroatoms. The minimum atomic E-state index is -1.69. The lowest BCUT2D eigenvalue weighted by Gasteiger charge is -2.38. The van der Waals surface area contributed by atoms with Crippen LogP contribution in [0.3, 0.4) is 0 Å². The second-order valence-corrected chi connectivity index (χ2v) is 28.9. The first kappa shape index (κ1) is 75.2. The van der Waals surface area contributed by atoms with E-state index in [2.05, 4.69) is 47.2 Å². The quantitative estimate of drug-likeness (QED) is 0.0598. The Kier molecular flexibility index (Phi) is 25.8. The number of rotatable bonds is 15. The highest BCUT2D eigenvalue weighted by Crippen LogP contribution is 2.35. The average Bonchev–Trinajstić information content (AvgIpc) is 1.61. The summed E-state index contributed by atoms with van der Waals surface area (Å²) < 4.78 is 30.0. The fourth-order valence-corrected chi connectivity index (χ4v) is 15.4. The van der Waals surface area contributed by atoms with Crippen molar-refractivity contribution < 1.29 is 61.8 Å². The zero-order chi connectivity index (χ0) is 71.8. The number of nitrogens with zero attached hydrogens (tertiary/aromatic N) is 2. The van der Waals surface area contributed by atoms with Gasteiger partial charge in [0.15, 0.2) is 0 Å². The largest absolute Gasteiger partial charge is 0.508 e. The number of hydrogen-bond donors (Lipinski definition) is 12. The fraction of sp³-hybridized carbons (Fsp3) is 0.472. The molecule has 0 saturated carbocycles. The van der Waals surface area contributed by atoms with Gasteiger partial charge in [-0.1, -0.05) is 63.6 Å². The minimum absolute atomic E-state index is 0.0144. The maximum Gasteiger partial charge on any atom is 0.249 e. The molecule has 2 fully saturated rings. The molecule has 3 aliphatic heterocycles. The third-order valence-corrected chi connectivity index (χ3v) is 20.9. The van der Waals surface area contributed by atoms with E-state index in [1.807, 2.05) is 45.0 Å². The van der Waals surface area contributed by atoms with Gasteiger partial charge in [0.2, 0.25) is 59.1 Å². The number of fused-ring (bicyclic) bond motifs is 7. The summed E-state index contributed by atoms with van der Waals surface area (Å²) in [6.45, 7) is 6.84. The van der Waals surface area contributed by atoms with Crippen LogP contribution in [0.1, 0.15) is 120 Å². The number of aromatic nitrogens is 2. The molecule has 4 bridgehead atoms. The Labute approximate surface area is 587 Å². The highest BCUT2D eigenvalue weighted by molar-refractivity contribution is 7.98. The van der Waals surface area contributed by atoms with Crippen molar-refractivity contribution in [2.45, 2.75) is 170 Å². The van der Waals surface area contributed by atoms with Crippen molar-refractivity contribution in [1.29, 1.82) is 0 Å².